The number of anilines is 2. The summed E-state index contributed by atoms with van der Waals surface area (Å²) in [4.78, 5) is 23.7. The fourth-order valence-electron chi connectivity index (χ4n) is 1.64. The topological polar surface area (TPSA) is 58.2 Å². The molecule has 7 heteroatoms. The minimum atomic E-state index is -0.860. The summed E-state index contributed by atoms with van der Waals surface area (Å²) in [6, 6.07) is 9.69. The van der Waals surface area contributed by atoms with E-state index in [9.17, 15) is 9.59 Å². The van der Waals surface area contributed by atoms with Crippen LogP contribution in [0.15, 0.2) is 36.4 Å². The molecule has 0 radical (unpaired) electrons. The zero-order valence-corrected chi connectivity index (χ0v) is 13.7. The summed E-state index contributed by atoms with van der Waals surface area (Å²) in [6.07, 6.45) is 0. The number of rotatable bonds is 2. The Morgan fingerprint density at radius 2 is 1.59 bits per heavy atom. The third kappa shape index (κ3) is 3.91. The van der Waals surface area contributed by atoms with E-state index in [1.54, 1.807) is 36.4 Å². The number of amides is 2. The monoisotopic (exact) mass is 356 g/mol. The highest BCUT2D eigenvalue weighted by molar-refractivity contribution is 6.47. The summed E-state index contributed by atoms with van der Waals surface area (Å²) < 4.78 is 0. The lowest BCUT2D eigenvalue weighted by molar-refractivity contribution is -0.132. The Hall–Kier alpha value is -1.75. The molecule has 0 unspecified atom stereocenters. The molecule has 0 spiro atoms. The van der Waals surface area contributed by atoms with Gasteiger partial charge < -0.3 is 10.6 Å². The Labute approximate surface area is 142 Å². The number of carbonyl (C=O) groups excluding carboxylic acids is 2. The van der Waals surface area contributed by atoms with Crippen molar-refractivity contribution in [3.63, 3.8) is 0 Å². The SMILES string of the molecule is Cc1ccc(NC(=O)C(=O)Nc2cccc(Cl)c2Cl)cc1Cl. The minimum absolute atomic E-state index is 0.170. The van der Waals surface area contributed by atoms with Gasteiger partial charge in [0.15, 0.2) is 0 Å². The van der Waals surface area contributed by atoms with Crippen LogP contribution in [-0.2, 0) is 9.59 Å². The Balaban J connectivity index is 2.07. The van der Waals surface area contributed by atoms with Gasteiger partial charge in [-0.1, -0.05) is 46.9 Å². The van der Waals surface area contributed by atoms with Crippen LogP contribution < -0.4 is 10.6 Å². The molecule has 0 bridgehead atoms. The minimum Gasteiger partial charge on any atom is -0.318 e. The van der Waals surface area contributed by atoms with Crippen LogP contribution in [0.4, 0.5) is 11.4 Å². The zero-order valence-electron chi connectivity index (χ0n) is 11.4. The van der Waals surface area contributed by atoms with Crippen LogP contribution in [0.5, 0.6) is 0 Å². The molecule has 22 heavy (non-hydrogen) atoms. The second-order valence-corrected chi connectivity index (χ2v) is 5.67. The van der Waals surface area contributed by atoms with Crippen molar-refractivity contribution in [3.05, 3.63) is 57.0 Å². The van der Waals surface area contributed by atoms with Crippen molar-refractivity contribution in [1.29, 1.82) is 0 Å². The molecule has 114 valence electrons. The Bertz CT molecular complexity index is 748. The molecule has 0 atom stereocenters. The van der Waals surface area contributed by atoms with Gasteiger partial charge in [0.05, 0.1) is 15.7 Å². The lowest BCUT2D eigenvalue weighted by atomic mass is 10.2. The fraction of sp³-hybridized carbons (Fsp3) is 0.0667. The third-order valence-electron chi connectivity index (χ3n) is 2.84. The second-order valence-electron chi connectivity index (χ2n) is 4.47. The van der Waals surface area contributed by atoms with Gasteiger partial charge in [-0.15, -0.1) is 0 Å². The molecule has 2 N–H and O–H groups in total. The van der Waals surface area contributed by atoms with Crippen molar-refractivity contribution in [1.82, 2.24) is 0 Å². The summed E-state index contributed by atoms with van der Waals surface area (Å²) in [5.41, 5.74) is 1.55. The molecule has 0 aliphatic carbocycles. The van der Waals surface area contributed by atoms with Crippen molar-refractivity contribution in [2.24, 2.45) is 0 Å². The molecule has 0 heterocycles. The highest BCUT2D eigenvalue weighted by Crippen LogP contribution is 2.29. The first-order chi connectivity index (χ1) is 10.4. The van der Waals surface area contributed by atoms with Gasteiger partial charge in [0.2, 0.25) is 0 Å². The summed E-state index contributed by atoms with van der Waals surface area (Å²) in [5, 5.41) is 5.80. The third-order valence-corrected chi connectivity index (χ3v) is 4.06. The maximum absolute atomic E-state index is 11.9. The fourth-order valence-corrected chi connectivity index (χ4v) is 2.17. The van der Waals surface area contributed by atoms with E-state index in [0.717, 1.165) is 5.56 Å². The molecule has 2 amide bonds. The summed E-state index contributed by atoms with van der Waals surface area (Å²) in [7, 11) is 0. The summed E-state index contributed by atoms with van der Waals surface area (Å²) in [5.74, 6) is -1.70. The number of hydrogen-bond acceptors (Lipinski definition) is 2. The average Bonchev–Trinajstić information content (AvgIpc) is 2.47. The number of hydrogen-bond donors (Lipinski definition) is 2. The van der Waals surface area contributed by atoms with Gasteiger partial charge in [-0.05, 0) is 36.8 Å². The van der Waals surface area contributed by atoms with Gasteiger partial charge in [0.1, 0.15) is 0 Å². The van der Waals surface area contributed by atoms with Crippen LogP contribution in [-0.4, -0.2) is 11.8 Å². The van der Waals surface area contributed by atoms with Crippen molar-refractivity contribution in [3.8, 4) is 0 Å². The molecule has 0 saturated heterocycles. The highest BCUT2D eigenvalue weighted by Gasteiger charge is 2.16. The molecular formula is C15H11Cl3N2O2. The average molecular weight is 358 g/mol. The van der Waals surface area contributed by atoms with Crippen LogP contribution in [0.3, 0.4) is 0 Å². The van der Waals surface area contributed by atoms with E-state index in [0.29, 0.717) is 10.7 Å². The predicted octanol–water partition coefficient (Wildman–Crippen LogP) is 4.53. The van der Waals surface area contributed by atoms with Crippen molar-refractivity contribution < 1.29 is 9.59 Å². The van der Waals surface area contributed by atoms with Gasteiger partial charge in [0.25, 0.3) is 0 Å². The van der Waals surface area contributed by atoms with E-state index in [1.165, 1.54) is 0 Å². The summed E-state index contributed by atoms with van der Waals surface area (Å²) >= 11 is 17.7. The molecule has 0 aliphatic rings. The number of carbonyl (C=O) groups is 2. The summed E-state index contributed by atoms with van der Waals surface area (Å²) in [6.45, 7) is 1.84. The van der Waals surface area contributed by atoms with Crippen LogP contribution in [0.25, 0.3) is 0 Å². The van der Waals surface area contributed by atoms with E-state index in [-0.39, 0.29) is 15.7 Å². The highest BCUT2D eigenvalue weighted by atomic mass is 35.5. The first-order valence-electron chi connectivity index (χ1n) is 6.21. The molecule has 0 fully saturated rings. The molecule has 2 aromatic carbocycles. The maximum atomic E-state index is 11.9. The Morgan fingerprint density at radius 1 is 0.909 bits per heavy atom. The van der Waals surface area contributed by atoms with E-state index in [1.807, 2.05) is 6.92 Å². The number of halogens is 3. The van der Waals surface area contributed by atoms with E-state index >= 15 is 0 Å². The molecule has 0 saturated carbocycles. The van der Waals surface area contributed by atoms with Gasteiger partial charge >= 0.3 is 11.8 Å². The van der Waals surface area contributed by atoms with Crippen molar-refractivity contribution >= 4 is 58.0 Å². The predicted molar refractivity (Wildman–Crippen MR) is 89.9 cm³/mol. The van der Waals surface area contributed by atoms with E-state index in [4.69, 9.17) is 34.8 Å². The van der Waals surface area contributed by atoms with Crippen LogP contribution in [0, 0.1) is 6.92 Å². The van der Waals surface area contributed by atoms with Crippen LogP contribution >= 0.6 is 34.8 Å². The van der Waals surface area contributed by atoms with Crippen LogP contribution in [0.1, 0.15) is 5.56 Å². The zero-order chi connectivity index (χ0) is 16.3. The van der Waals surface area contributed by atoms with Crippen molar-refractivity contribution in [2.75, 3.05) is 10.6 Å². The van der Waals surface area contributed by atoms with Crippen molar-refractivity contribution in [2.45, 2.75) is 6.92 Å². The molecule has 0 aliphatic heterocycles. The number of aryl methyl sites for hydroxylation is 1. The first kappa shape index (κ1) is 16.6. The first-order valence-corrected chi connectivity index (χ1v) is 7.34. The number of nitrogens with one attached hydrogen (secondary N) is 2. The molecular weight excluding hydrogens is 347 g/mol. The second kappa shape index (κ2) is 7.01. The maximum Gasteiger partial charge on any atom is 0.314 e. The van der Waals surface area contributed by atoms with Crippen LogP contribution in [0.2, 0.25) is 15.1 Å². The quantitative estimate of drug-likeness (QED) is 0.776. The smallest absolute Gasteiger partial charge is 0.314 e. The van der Waals surface area contributed by atoms with E-state index in [2.05, 4.69) is 10.6 Å². The van der Waals surface area contributed by atoms with Gasteiger partial charge in [-0.25, -0.2) is 0 Å². The molecule has 2 rings (SSSR count). The largest absolute Gasteiger partial charge is 0.318 e. The molecule has 2 aromatic rings. The van der Waals surface area contributed by atoms with Gasteiger partial charge in [0, 0.05) is 10.7 Å². The Kier molecular flexibility index (Phi) is 5.29. The normalized spacial score (nSPS) is 10.2. The lowest BCUT2D eigenvalue weighted by Gasteiger charge is -2.09. The Morgan fingerprint density at radius 3 is 2.27 bits per heavy atom. The lowest BCUT2D eigenvalue weighted by Crippen LogP contribution is -2.29. The molecule has 4 nitrogen and oxygen atoms in total. The molecule has 0 aromatic heterocycles. The van der Waals surface area contributed by atoms with Gasteiger partial charge in [-0.3, -0.25) is 9.59 Å². The van der Waals surface area contributed by atoms with Gasteiger partial charge in [-0.2, -0.15) is 0 Å². The van der Waals surface area contributed by atoms with E-state index < -0.39 is 11.8 Å². The number of benzene rings is 2. The standard InChI is InChI=1S/C15H11Cl3N2O2/c1-8-5-6-9(7-11(8)17)19-14(21)15(22)20-12-4-2-3-10(16)13(12)18/h2-7H,1H3,(H,19,21)(H,20,22).